The molecule has 8 heteroatoms. The normalized spacial score (nSPS) is 28.9. The number of hydrogen-bond acceptors (Lipinski definition) is 6. The molecule has 1 N–H and O–H groups in total. The average Bonchev–Trinajstić information content (AvgIpc) is 3.02. The van der Waals surface area contributed by atoms with Crippen LogP contribution in [0.3, 0.4) is 0 Å². The first-order valence-electron chi connectivity index (χ1n) is 10.7. The van der Waals surface area contributed by atoms with Gasteiger partial charge in [0.05, 0.1) is 22.5 Å². The van der Waals surface area contributed by atoms with Crippen molar-refractivity contribution in [3.05, 3.63) is 55.7 Å². The fourth-order valence-corrected chi connectivity index (χ4v) is 6.44. The number of carbonyl (C=O) groups is 4. The molecule has 3 aliphatic carbocycles. The molecule has 5 rings (SSSR count). The highest BCUT2D eigenvalue weighted by atomic mass is 127. The van der Waals surface area contributed by atoms with Crippen LogP contribution in [-0.2, 0) is 19.2 Å². The molecule has 4 aliphatic rings. The largest absolute Gasteiger partial charge is 0.504 e. The number of amides is 2. The number of fused-ring (bicyclic) bond motifs is 3. The second kappa shape index (κ2) is 7.65. The van der Waals surface area contributed by atoms with E-state index in [0.717, 1.165) is 5.57 Å². The third-order valence-electron chi connectivity index (χ3n) is 7.39. The Morgan fingerprint density at radius 3 is 2.55 bits per heavy atom. The highest BCUT2D eigenvalue weighted by molar-refractivity contribution is 14.1. The molecule has 0 aromatic heterocycles. The number of imide groups is 1. The van der Waals surface area contributed by atoms with Crippen LogP contribution in [0.15, 0.2) is 46.6 Å². The lowest BCUT2D eigenvalue weighted by molar-refractivity contribution is -0.138. The molecule has 170 valence electrons. The predicted octanol–water partition coefficient (Wildman–Crippen LogP) is 3.06. The van der Waals surface area contributed by atoms with Gasteiger partial charge in [-0.15, -0.1) is 0 Å². The van der Waals surface area contributed by atoms with Crippen LogP contribution < -0.4 is 4.74 Å². The van der Waals surface area contributed by atoms with Crippen molar-refractivity contribution in [2.45, 2.75) is 25.7 Å². The zero-order valence-corrected chi connectivity index (χ0v) is 20.5. The molecule has 0 unspecified atom stereocenters. The highest BCUT2D eigenvalue weighted by Crippen LogP contribution is 2.55. The Kier molecular flexibility index (Phi) is 5.11. The topological polar surface area (TPSA) is 101 Å². The zero-order valence-electron chi connectivity index (χ0n) is 18.3. The zero-order chi connectivity index (χ0) is 23.8. The van der Waals surface area contributed by atoms with Crippen LogP contribution in [0.4, 0.5) is 0 Å². The van der Waals surface area contributed by atoms with Crippen molar-refractivity contribution in [2.24, 2.45) is 17.8 Å². The number of methoxy groups -OCH3 is 1. The van der Waals surface area contributed by atoms with Crippen LogP contribution in [0.5, 0.6) is 11.5 Å². The quantitative estimate of drug-likeness (QED) is 0.259. The van der Waals surface area contributed by atoms with E-state index in [1.807, 2.05) is 28.7 Å². The summed E-state index contributed by atoms with van der Waals surface area (Å²) in [7, 11) is 2.96. The molecule has 1 fully saturated rings. The van der Waals surface area contributed by atoms with E-state index >= 15 is 0 Å². The number of likely N-dealkylation sites (tertiary alicyclic amines) is 1. The summed E-state index contributed by atoms with van der Waals surface area (Å²) in [6.07, 6.45) is 4.00. The van der Waals surface area contributed by atoms with Gasteiger partial charge in [-0.2, -0.15) is 0 Å². The van der Waals surface area contributed by atoms with Crippen LogP contribution in [-0.4, -0.2) is 47.5 Å². The van der Waals surface area contributed by atoms with Crippen LogP contribution in [0.25, 0.3) is 0 Å². The molecule has 7 nitrogen and oxygen atoms in total. The van der Waals surface area contributed by atoms with E-state index in [9.17, 15) is 24.3 Å². The molecule has 0 radical (unpaired) electrons. The van der Waals surface area contributed by atoms with Gasteiger partial charge in [0.15, 0.2) is 23.1 Å². The maximum Gasteiger partial charge on any atom is 0.233 e. The number of carbonyl (C=O) groups excluding carboxylic acids is 4. The fraction of sp³-hybridized carbons (Fsp3) is 0.360. The van der Waals surface area contributed by atoms with Gasteiger partial charge >= 0.3 is 0 Å². The standard InChI is InChI=1S/C25H22INO6/c1-10-6-17(28)15-9-14-12(4-5-13-20(14)25(32)27(2)24(13)31)19(21(15)22(10)29)11-7-16(26)23(30)18(8-11)33-3/h4,6-8,13-14,19-20,30H,5,9H2,1-3H3/t13-,14+,19-,20-/m0/s1. The Hall–Kier alpha value is -2.75. The number of ketones is 2. The maximum absolute atomic E-state index is 13.3. The summed E-state index contributed by atoms with van der Waals surface area (Å²) in [5, 5.41) is 10.4. The number of halogens is 1. The van der Waals surface area contributed by atoms with Crippen molar-refractivity contribution in [3.8, 4) is 11.5 Å². The molecular formula is C25H22INO6. The number of hydrogen-bond donors (Lipinski definition) is 1. The second-order valence-corrected chi connectivity index (χ2v) is 10.2. The molecule has 0 bridgehead atoms. The number of benzene rings is 1. The first kappa shape index (κ1) is 22.1. The van der Waals surface area contributed by atoms with Crippen molar-refractivity contribution >= 4 is 46.0 Å². The Morgan fingerprint density at radius 2 is 1.85 bits per heavy atom. The molecule has 0 saturated carbocycles. The van der Waals surface area contributed by atoms with Gasteiger partial charge in [0.2, 0.25) is 11.8 Å². The fourth-order valence-electron chi connectivity index (χ4n) is 5.81. The Morgan fingerprint density at radius 1 is 1.12 bits per heavy atom. The van der Waals surface area contributed by atoms with E-state index in [2.05, 4.69) is 0 Å². The minimum absolute atomic E-state index is 0.00131. The third-order valence-corrected chi connectivity index (χ3v) is 8.21. The van der Waals surface area contributed by atoms with Gasteiger partial charge in [-0.05, 0) is 72.0 Å². The number of allylic oxidation sites excluding steroid dienone is 6. The summed E-state index contributed by atoms with van der Waals surface area (Å²) in [5.74, 6) is -2.48. The van der Waals surface area contributed by atoms with Gasteiger partial charge in [-0.3, -0.25) is 24.1 Å². The van der Waals surface area contributed by atoms with Crippen molar-refractivity contribution in [1.29, 1.82) is 0 Å². The first-order valence-corrected chi connectivity index (χ1v) is 11.8. The van der Waals surface area contributed by atoms with Crippen molar-refractivity contribution in [1.82, 2.24) is 4.90 Å². The number of aromatic hydroxyl groups is 1. The van der Waals surface area contributed by atoms with Gasteiger partial charge in [0.1, 0.15) is 0 Å². The van der Waals surface area contributed by atoms with E-state index in [-0.39, 0.29) is 47.2 Å². The van der Waals surface area contributed by atoms with Gasteiger partial charge in [-0.1, -0.05) is 11.6 Å². The monoisotopic (exact) mass is 559 g/mol. The number of rotatable bonds is 2. The molecule has 0 spiro atoms. The molecular weight excluding hydrogens is 537 g/mol. The van der Waals surface area contributed by atoms with E-state index in [4.69, 9.17) is 4.74 Å². The number of nitrogens with zero attached hydrogens (tertiary/aromatic N) is 1. The highest BCUT2D eigenvalue weighted by Gasteiger charge is 2.55. The molecule has 1 heterocycles. The van der Waals surface area contributed by atoms with Gasteiger partial charge in [-0.25, -0.2) is 0 Å². The first-order chi connectivity index (χ1) is 15.6. The lowest BCUT2D eigenvalue weighted by Gasteiger charge is -2.42. The van der Waals surface area contributed by atoms with Gasteiger partial charge in [0, 0.05) is 29.7 Å². The molecule has 1 aromatic rings. The summed E-state index contributed by atoms with van der Waals surface area (Å²) in [5.41, 5.74) is 2.80. The SMILES string of the molecule is COc1cc([C@H]2C3=CC[C@@H]4C(=O)N(C)C(=O)[C@@H]4[C@@H]3CC3=C2C(=O)C(C)=CC3=O)cc(I)c1O. The lowest BCUT2D eigenvalue weighted by Crippen LogP contribution is -2.39. The number of phenolic OH excluding ortho intramolecular Hbond substituents is 1. The minimum Gasteiger partial charge on any atom is -0.504 e. The summed E-state index contributed by atoms with van der Waals surface area (Å²) >= 11 is 2.00. The molecule has 2 amide bonds. The Labute approximate surface area is 204 Å². The van der Waals surface area contributed by atoms with Gasteiger partial charge < -0.3 is 9.84 Å². The second-order valence-electron chi connectivity index (χ2n) is 9.02. The summed E-state index contributed by atoms with van der Waals surface area (Å²) in [4.78, 5) is 53.3. The Balaban J connectivity index is 1.74. The maximum atomic E-state index is 13.3. The number of phenols is 1. The van der Waals surface area contributed by atoms with Crippen LogP contribution in [0.2, 0.25) is 0 Å². The number of Topliss-reactive ketones (excluding diaryl/α,β-unsaturated/α-hetero) is 1. The van der Waals surface area contributed by atoms with E-state index in [0.29, 0.717) is 32.3 Å². The van der Waals surface area contributed by atoms with E-state index < -0.39 is 17.8 Å². The molecule has 4 atom stereocenters. The number of ether oxygens (including phenoxy) is 1. The predicted molar refractivity (Wildman–Crippen MR) is 126 cm³/mol. The Bertz CT molecular complexity index is 1260. The van der Waals surface area contributed by atoms with Crippen molar-refractivity contribution < 1.29 is 29.0 Å². The summed E-state index contributed by atoms with van der Waals surface area (Å²) < 4.78 is 5.90. The van der Waals surface area contributed by atoms with Crippen LogP contribution in [0, 0.1) is 21.3 Å². The van der Waals surface area contributed by atoms with Crippen LogP contribution >= 0.6 is 22.6 Å². The van der Waals surface area contributed by atoms with E-state index in [1.54, 1.807) is 19.1 Å². The molecule has 33 heavy (non-hydrogen) atoms. The molecule has 1 aliphatic heterocycles. The molecule has 1 aromatic carbocycles. The molecule has 1 saturated heterocycles. The summed E-state index contributed by atoms with van der Waals surface area (Å²) in [6, 6.07) is 3.46. The van der Waals surface area contributed by atoms with Crippen molar-refractivity contribution in [2.75, 3.05) is 14.2 Å². The summed E-state index contributed by atoms with van der Waals surface area (Å²) in [6.45, 7) is 1.63. The third kappa shape index (κ3) is 3.06. The van der Waals surface area contributed by atoms with Crippen molar-refractivity contribution in [3.63, 3.8) is 0 Å². The lowest BCUT2D eigenvalue weighted by atomic mass is 9.59. The average molecular weight is 559 g/mol. The van der Waals surface area contributed by atoms with Gasteiger partial charge in [0.25, 0.3) is 0 Å². The minimum atomic E-state index is -0.559. The van der Waals surface area contributed by atoms with Crippen LogP contribution in [0.1, 0.15) is 31.2 Å². The van der Waals surface area contributed by atoms with E-state index in [1.165, 1.54) is 25.1 Å². The smallest absolute Gasteiger partial charge is 0.233 e.